The number of hydrogen-bond acceptors (Lipinski definition) is 3. The van der Waals surface area contributed by atoms with Crippen LogP contribution >= 0.6 is 0 Å². The van der Waals surface area contributed by atoms with Gasteiger partial charge in [0.25, 0.3) is 0 Å². The summed E-state index contributed by atoms with van der Waals surface area (Å²) in [5, 5.41) is 11.7. The van der Waals surface area contributed by atoms with Gasteiger partial charge >= 0.3 is 0 Å². The van der Waals surface area contributed by atoms with Gasteiger partial charge in [0.2, 0.25) is 6.79 Å². The fourth-order valence-corrected chi connectivity index (χ4v) is 1.32. The highest BCUT2D eigenvalue weighted by Gasteiger charge is 2.19. The van der Waals surface area contributed by atoms with Crippen molar-refractivity contribution < 1.29 is 14.2 Å². The number of nitrogens with zero attached hydrogens (tertiary/aromatic N) is 1. The number of ether oxygens (including phenoxy) is 2. The minimum Gasteiger partial charge on any atom is -0.623 e. The average Bonchev–Trinajstić information content (AvgIpc) is 2.63. The van der Waals surface area contributed by atoms with Crippen LogP contribution in [0.3, 0.4) is 0 Å². The van der Waals surface area contributed by atoms with Crippen LogP contribution in [-0.2, 0) is 0 Å². The smallest absolute Gasteiger partial charge is 0.231 e. The number of rotatable bonds is 1. The Labute approximate surface area is 94.7 Å². The number of benzene rings is 1. The predicted octanol–water partition coefficient (Wildman–Crippen LogP) is 2.14. The third kappa shape index (κ3) is 2.10. The molecule has 0 fully saturated rings. The first kappa shape index (κ1) is 10.8. The lowest BCUT2D eigenvalue weighted by Crippen LogP contribution is -2.29. The van der Waals surface area contributed by atoms with Crippen molar-refractivity contribution >= 4 is 6.21 Å². The van der Waals surface area contributed by atoms with E-state index in [0.29, 0.717) is 5.75 Å². The Kier molecular flexibility index (Phi) is 2.50. The molecule has 4 heteroatoms. The van der Waals surface area contributed by atoms with Gasteiger partial charge in [-0.2, -0.15) is 0 Å². The summed E-state index contributed by atoms with van der Waals surface area (Å²) < 4.78 is 11.4. The molecule has 1 aliphatic rings. The molecule has 0 unspecified atom stereocenters. The summed E-state index contributed by atoms with van der Waals surface area (Å²) in [6, 6.07) is 5.45. The first-order valence-electron chi connectivity index (χ1n) is 5.18. The normalized spacial score (nSPS) is 15.3. The van der Waals surface area contributed by atoms with E-state index in [4.69, 9.17) is 9.47 Å². The van der Waals surface area contributed by atoms with E-state index < -0.39 is 5.54 Å². The van der Waals surface area contributed by atoms with Crippen molar-refractivity contribution in [3.63, 3.8) is 0 Å². The molecule has 1 aliphatic heterocycles. The number of hydrogen-bond donors (Lipinski definition) is 0. The van der Waals surface area contributed by atoms with Gasteiger partial charge in [0.1, 0.15) is 0 Å². The van der Waals surface area contributed by atoms with Crippen LogP contribution in [0.4, 0.5) is 0 Å². The minimum atomic E-state index is -0.434. The van der Waals surface area contributed by atoms with E-state index >= 15 is 0 Å². The molecule has 1 heterocycles. The Bertz CT molecular complexity index is 432. The van der Waals surface area contributed by atoms with Crippen LogP contribution in [0.2, 0.25) is 0 Å². The Morgan fingerprint density at radius 1 is 1.25 bits per heavy atom. The van der Waals surface area contributed by atoms with Gasteiger partial charge in [0, 0.05) is 26.3 Å². The van der Waals surface area contributed by atoms with Gasteiger partial charge in [0.05, 0.1) is 0 Å². The molecule has 0 radical (unpaired) electrons. The lowest BCUT2D eigenvalue weighted by Gasteiger charge is -2.18. The van der Waals surface area contributed by atoms with Gasteiger partial charge in [-0.25, -0.2) is 4.74 Å². The minimum absolute atomic E-state index is 0.249. The second-order valence-corrected chi connectivity index (χ2v) is 4.74. The number of fused-ring (bicyclic) bond motifs is 1. The molecule has 1 aromatic carbocycles. The summed E-state index contributed by atoms with van der Waals surface area (Å²) in [4.78, 5) is 0. The van der Waals surface area contributed by atoms with E-state index in [9.17, 15) is 5.21 Å². The van der Waals surface area contributed by atoms with Gasteiger partial charge in [-0.05, 0) is 18.2 Å². The Morgan fingerprint density at radius 3 is 2.62 bits per heavy atom. The molecule has 0 bridgehead atoms. The molecular formula is C12H15NO3. The van der Waals surface area contributed by atoms with Crippen molar-refractivity contribution in [2.24, 2.45) is 0 Å². The largest absolute Gasteiger partial charge is 0.623 e. The van der Waals surface area contributed by atoms with Crippen LogP contribution in [0, 0.1) is 5.21 Å². The third-order valence-corrected chi connectivity index (χ3v) is 2.32. The van der Waals surface area contributed by atoms with Crippen LogP contribution in [0.15, 0.2) is 18.2 Å². The lowest BCUT2D eigenvalue weighted by atomic mass is 10.1. The van der Waals surface area contributed by atoms with E-state index in [1.165, 1.54) is 0 Å². The zero-order valence-corrected chi connectivity index (χ0v) is 9.69. The SMILES string of the molecule is CC(C)(C)/[N+]([O-])=C\c1ccc2c(c1)OCO2. The highest BCUT2D eigenvalue weighted by atomic mass is 16.7. The maximum Gasteiger partial charge on any atom is 0.231 e. The molecule has 0 saturated heterocycles. The van der Waals surface area contributed by atoms with E-state index in [1.54, 1.807) is 12.3 Å². The molecule has 4 nitrogen and oxygen atoms in total. The predicted molar refractivity (Wildman–Crippen MR) is 61.1 cm³/mol. The lowest BCUT2D eigenvalue weighted by molar-refractivity contribution is -0.530. The Balaban J connectivity index is 2.29. The second-order valence-electron chi connectivity index (χ2n) is 4.74. The summed E-state index contributed by atoms with van der Waals surface area (Å²) in [5.74, 6) is 1.42. The summed E-state index contributed by atoms with van der Waals surface area (Å²) in [6.07, 6.45) is 1.56. The quantitative estimate of drug-likeness (QED) is 0.316. The van der Waals surface area contributed by atoms with Crippen LogP contribution in [0.1, 0.15) is 26.3 Å². The third-order valence-electron chi connectivity index (χ3n) is 2.32. The molecule has 2 rings (SSSR count). The van der Waals surface area contributed by atoms with Crippen molar-refractivity contribution in [3.05, 3.63) is 29.0 Å². The van der Waals surface area contributed by atoms with E-state index in [1.807, 2.05) is 32.9 Å². The van der Waals surface area contributed by atoms with E-state index in [2.05, 4.69) is 0 Å². The molecule has 0 N–H and O–H groups in total. The first-order chi connectivity index (χ1) is 7.47. The fourth-order valence-electron chi connectivity index (χ4n) is 1.32. The van der Waals surface area contributed by atoms with Crippen molar-refractivity contribution in [3.8, 4) is 11.5 Å². The summed E-state index contributed by atoms with van der Waals surface area (Å²) >= 11 is 0. The van der Waals surface area contributed by atoms with Gasteiger partial charge in [-0.3, -0.25) is 0 Å². The maximum atomic E-state index is 11.7. The van der Waals surface area contributed by atoms with Gasteiger partial charge in [0.15, 0.2) is 23.3 Å². The second kappa shape index (κ2) is 3.70. The van der Waals surface area contributed by atoms with Gasteiger partial charge < -0.3 is 14.7 Å². The molecule has 1 aromatic rings. The van der Waals surface area contributed by atoms with Crippen LogP contribution < -0.4 is 9.47 Å². The molecule has 0 aromatic heterocycles. The fraction of sp³-hybridized carbons (Fsp3) is 0.417. The highest BCUT2D eigenvalue weighted by Crippen LogP contribution is 2.32. The van der Waals surface area contributed by atoms with Crippen molar-refractivity contribution in [2.75, 3.05) is 6.79 Å². The van der Waals surface area contributed by atoms with Gasteiger partial charge in [-0.15, -0.1) is 0 Å². The first-order valence-corrected chi connectivity index (χ1v) is 5.18. The Hall–Kier alpha value is -1.71. The highest BCUT2D eigenvalue weighted by molar-refractivity contribution is 5.77. The van der Waals surface area contributed by atoms with Crippen LogP contribution in [0.5, 0.6) is 11.5 Å². The molecule has 16 heavy (non-hydrogen) atoms. The monoisotopic (exact) mass is 221 g/mol. The van der Waals surface area contributed by atoms with Crippen molar-refractivity contribution in [1.82, 2.24) is 0 Å². The van der Waals surface area contributed by atoms with Crippen molar-refractivity contribution in [1.29, 1.82) is 0 Å². The topological polar surface area (TPSA) is 44.5 Å². The molecule has 86 valence electrons. The molecule has 0 saturated carbocycles. The van der Waals surface area contributed by atoms with Crippen LogP contribution in [0.25, 0.3) is 0 Å². The molecule has 0 amide bonds. The van der Waals surface area contributed by atoms with Gasteiger partial charge in [-0.1, -0.05) is 0 Å². The summed E-state index contributed by atoms with van der Waals surface area (Å²) in [7, 11) is 0. The molecule has 0 aliphatic carbocycles. The molecule has 0 spiro atoms. The maximum absolute atomic E-state index is 11.7. The molecular weight excluding hydrogens is 206 g/mol. The number of hydroxylamine groups is 1. The standard InChI is InChI=1S/C12H15NO3/c1-12(2,3)13(14)7-9-4-5-10-11(6-9)16-8-15-10/h4-7H,8H2,1-3H3/b13-7+. The van der Waals surface area contributed by atoms with Crippen LogP contribution in [-0.4, -0.2) is 23.3 Å². The summed E-state index contributed by atoms with van der Waals surface area (Å²) in [5.41, 5.74) is 0.380. The zero-order valence-electron chi connectivity index (χ0n) is 9.69. The zero-order chi connectivity index (χ0) is 11.8. The molecule has 0 atom stereocenters. The van der Waals surface area contributed by atoms with Crippen molar-refractivity contribution in [2.45, 2.75) is 26.3 Å². The summed E-state index contributed by atoms with van der Waals surface area (Å²) in [6.45, 7) is 5.84. The Morgan fingerprint density at radius 2 is 1.94 bits per heavy atom. The van der Waals surface area contributed by atoms with E-state index in [0.717, 1.165) is 16.1 Å². The van der Waals surface area contributed by atoms with E-state index in [-0.39, 0.29) is 6.79 Å². The average molecular weight is 221 g/mol.